The van der Waals surface area contributed by atoms with Crippen molar-refractivity contribution in [3.8, 4) is 0 Å². The van der Waals surface area contributed by atoms with Crippen LogP contribution in [0.5, 0.6) is 0 Å². The number of halogens is 1. The van der Waals surface area contributed by atoms with E-state index in [0.29, 0.717) is 5.88 Å². The van der Waals surface area contributed by atoms with E-state index < -0.39 is 5.97 Å². The van der Waals surface area contributed by atoms with Crippen molar-refractivity contribution in [2.75, 3.05) is 5.88 Å². The lowest BCUT2D eigenvalue weighted by molar-refractivity contribution is -0.131. The van der Waals surface area contributed by atoms with Crippen LogP contribution in [-0.2, 0) is 4.79 Å². The highest BCUT2D eigenvalue weighted by Gasteiger charge is 1.93. The van der Waals surface area contributed by atoms with Crippen LogP contribution in [0.25, 0.3) is 6.08 Å². The summed E-state index contributed by atoms with van der Waals surface area (Å²) in [6.45, 7) is 0. The van der Waals surface area contributed by atoms with E-state index in [2.05, 4.69) is 0 Å². The van der Waals surface area contributed by atoms with E-state index in [1.807, 2.05) is 36.4 Å². The molecule has 0 amide bonds. The monoisotopic (exact) mass is 222 g/mol. The van der Waals surface area contributed by atoms with Gasteiger partial charge in [-0.3, -0.25) is 0 Å². The summed E-state index contributed by atoms with van der Waals surface area (Å²) in [5.41, 5.74) is 1.77. The summed E-state index contributed by atoms with van der Waals surface area (Å²) in [5, 5.41) is 8.47. The maximum atomic E-state index is 10.3. The maximum absolute atomic E-state index is 10.3. The molecule has 0 aliphatic rings. The maximum Gasteiger partial charge on any atom is 0.328 e. The van der Waals surface area contributed by atoms with E-state index in [0.717, 1.165) is 17.2 Å². The third kappa shape index (κ3) is 4.47. The second-order valence-electron chi connectivity index (χ2n) is 2.94. The fourth-order valence-corrected chi connectivity index (χ4v) is 1.24. The molecule has 0 saturated heterocycles. The molecular formula is C12H11ClO2. The van der Waals surface area contributed by atoms with Gasteiger partial charge in [-0.05, 0) is 11.1 Å². The molecule has 0 aliphatic heterocycles. The lowest BCUT2D eigenvalue weighted by atomic mass is 10.1. The number of carboxylic acids is 1. The molecule has 15 heavy (non-hydrogen) atoms. The van der Waals surface area contributed by atoms with Crippen LogP contribution >= 0.6 is 11.6 Å². The molecule has 78 valence electrons. The molecule has 0 aliphatic carbocycles. The molecule has 0 radical (unpaired) electrons. The number of allylic oxidation sites excluding steroid dienone is 2. The Balaban J connectivity index is 2.83. The molecule has 2 nitrogen and oxygen atoms in total. The van der Waals surface area contributed by atoms with Crippen LogP contribution in [0.1, 0.15) is 5.56 Å². The number of rotatable bonds is 4. The molecule has 3 heteroatoms. The normalized spacial score (nSPS) is 11.9. The standard InChI is InChI=1S/C12H11ClO2/c13-9-11(6-7-12(14)15)8-10-4-2-1-3-5-10/h1-8H,9H2,(H,14,15). The van der Waals surface area contributed by atoms with Gasteiger partial charge in [0.25, 0.3) is 0 Å². The van der Waals surface area contributed by atoms with E-state index in [4.69, 9.17) is 16.7 Å². The first-order valence-electron chi connectivity index (χ1n) is 4.45. The van der Waals surface area contributed by atoms with Crippen LogP contribution in [-0.4, -0.2) is 17.0 Å². The van der Waals surface area contributed by atoms with Crippen LogP contribution in [0.4, 0.5) is 0 Å². The first-order valence-corrected chi connectivity index (χ1v) is 4.98. The molecule has 1 rings (SSSR count). The van der Waals surface area contributed by atoms with Gasteiger partial charge in [-0.2, -0.15) is 0 Å². The van der Waals surface area contributed by atoms with Crippen LogP contribution in [0.15, 0.2) is 48.1 Å². The second kappa shape index (κ2) is 6.04. The van der Waals surface area contributed by atoms with Crippen molar-refractivity contribution in [2.45, 2.75) is 0 Å². The summed E-state index contributed by atoms with van der Waals surface area (Å²) >= 11 is 5.69. The molecule has 1 aromatic carbocycles. The Morgan fingerprint density at radius 3 is 2.47 bits per heavy atom. The van der Waals surface area contributed by atoms with Crippen molar-refractivity contribution in [1.29, 1.82) is 0 Å². The van der Waals surface area contributed by atoms with Gasteiger partial charge in [-0.25, -0.2) is 4.79 Å². The lowest BCUT2D eigenvalue weighted by Gasteiger charge is -1.96. The zero-order valence-electron chi connectivity index (χ0n) is 8.06. The minimum absolute atomic E-state index is 0.290. The third-order valence-corrected chi connectivity index (χ3v) is 2.05. The molecule has 0 bridgehead atoms. The van der Waals surface area contributed by atoms with Crippen molar-refractivity contribution in [3.05, 3.63) is 53.6 Å². The average Bonchev–Trinajstić information content (AvgIpc) is 2.25. The van der Waals surface area contributed by atoms with Crippen molar-refractivity contribution in [3.63, 3.8) is 0 Å². The van der Waals surface area contributed by atoms with Crippen molar-refractivity contribution >= 4 is 23.6 Å². The molecule has 0 fully saturated rings. The first-order chi connectivity index (χ1) is 7.22. The van der Waals surface area contributed by atoms with Crippen LogP contribution < -0.4 is 0 Å². The minimum Gasteiger partial charge on any atom is -0.478 e. The Labute approximate surface area is 93.5 Å². The van der Waals surface area contributed by atoms with E-state index in [-0.39, 0.29) is 0 Å². The first kappa shape index (κ1) is 11.5. The van der Waals surface area contributed by atoms with Gasteiger partial charge in [0.05, 0.1) is 0 Å². The molecule has 0 spiro atoms. The topological polar surface area (TPSA) is 37.3 Å². The number of hydrogen-bond acceptors (Lipinski definition) is 1. The number of aliphatic carboxylic acids is 1. The van der Waals surface area contributed by atoms with Gasteiger partial charge in [0.2, 0.25) is 0 Å². The van der Waals surface area contributed by atoms with Gasteiger partial charge < -0.3 is 5.11 Å². The highest BCUT2D eigenvalue weighted by Crippen LogP contribution is 2.09. The summed E-state index contributed by atoms with van der Waals surface area (Å²) in [4.78, 5) is 10.3. The van der Waals surface area contributed by atoms with Gasteiger partial charge in [0.1, 0.15) is 0 Å². The number of carboxylic acid groups (broad SMARTS) is 1. The Morgan fingerprint density at radius 2 is 1.93 bits per heavy atom. The van der Waals surface area contributed by atoms with Gasteiger partial charge in [0.15, 0.2) is 0 Å². The lowest BCUT2D eigenvalue weighted by Crippen LogP contribution is -1.88. The highest BCUT2D eigenvalue weighted by atomic mass is 35.5. The van der Waals surface area contributed by atoms with Crippen molar-refractivity contribution in [2.24, 2.45) is 0 Å². The molecule has 0 saturated carbocycles. The number of benzene rings is 1. The Kier molecular flexibility index (Phi) is 4.64. The van der Waals surface area contributed by atoms with E-state index in [1.165, 1.54) is 6.08 Å². The third-order valence-electron chi connectivity index (χ3n) is 1.75. The predicted octanol–water partition coefficient (Wildman–Crippen LogP) is 2.95. The van der Waals surface area contributed by atoms with Crippen LogP contribution in [0, 0.1) is 0 Å². The fourth-order valence-electron chi connectivity index (χ4n) is 1.07. The van der Waals surface area contributed by atoms with Gasteiger partial charge in [0, 0.05) is 12.0 Å². The predicted molar refractivity (Wildman–Crippen MR) is 61.9 cm³/mol. The molecule has 0 unspecified atom stereocenters. The Morgan fingerprint density at radius 1 is 1.27 bits per heavy atom. The van der Waals surface area contributed by atoms with E-state index in [9.17, 15) is 4.79 Å². The van der Waals surface area contributed by atoms with E-state index >= 15 is 0 Å². The molecule has 0 atom stereocenters. The zero-order chi connectivity index (χ0) is 11.1. The van der Waals surface area contributed by atoms with Crippen molar-refractivity contribution in [1.82, 2.24) is 0 Å². The summed E-state index contributed by atoms with van der Waals surface area (Å²) < 4.78 is 0. The second-order valence-corrected chi connectivity index (χ2v) is 3.20. The van der Waals surface area contributed by atoms with Crippen LogP contribution in [0.2, 0.25) is 0 Å². The SMILES string of the molecule is O=C(O)C=CC(=Cc1ccccc1)CCl. The summed E-state index contributed by atoms with van der Waals surface area (Å²) in [6, 6.07) is 9.62. The van der Waals surface area contributed by atoms with Gasteiger partial charge in [-0.1, -0.05) is 42.5 Å². The minimum atomic E-state index is -0.973. The fraction of sp³-hybridized carbons (Fsp3) is 0.0833. The molecular weight excluding hydrogens is 212 g/mol. The Bertz CT molecular complexity index is 380. The smallest absolute Gasteiger partial charge is 0.328 e. The van der Waals surface area contributed by atoms with E-state index in [1.54, 1.807) is 0 Å². The highest BCUT2D eigenvalue weighted by molar-refractivity contribution is 6.20. The summed E-state index contributed by atoms with van der Waals surface area (Å²) in [7, 11) is 0. The molecule has 1 aromatic rings. The van der Waals surface area contributed by atoms with Crippen LogP contribution in [0.3, 0.4) is 0 Å². The molecule has 1 N–H and O–H groups in total. The van der Waals surface area contributed by atoms with Gasteiger partial charge in [-0.15, -0.1) is 11.6 Å². The quantitative estimate of drug-likeness (QED) is 0.483. The molecule has 0 aromatic heterocycles. The zero-order valence-corrected chi connectivity index (χ0v) is 8.82. The summed E-state index contributed by atoms with van der Waals surface area (Å²) in [6.07, 6.45) is 4.44. The summed E-state index contributed by atoms with van der Waals surface area (Å²) in [5.74, 6) is -0.683. The Hall–Kier alpha value is -1.54. The molecule has 0 heterocycles. The number of alkyl halides is 1. The average molecular weight is 223 g/mol. The largest absolute Gasteiger partial charge is 0.478 e. The van der Waals surface area contributed by atoms with Gasteiger partial charge >= 0.3 is 5.97 Å². The van der Waals surface area contributed by atoms with Crippen molar-refractivity contribution < 1.29 is 9.90 Å². The number of hydrogen-bond donors (Lipinski definition) is 1. The number of carbonyl (C=O) groups is 1.